The van der Waals surface area contributed by atoms with Gasteiger partial charge in [0.05, 0.1) is 12.8 Å². The molecular weight excluding hydrogens is 408 g/mol. The number of nitrogens with zero attached hydrogens (tertiary/aromatic N) is 3. The van der Waals surface area contributed by atoms with Crippen molar-refractivity contribution in [1.82, 2.24) is 15.1 Å². The van der Waals surface area contributed by atoms with Gasteiger partial charge >= 0.3 is 0 Å². The first-order valence-corrected chi connectivity index (χ1v) is 12.1. The van der Waals surface area contributed by atoms with E-state index in [1.165, 1.54) is 34.6 Å². The van der Waals surface area contributed by atoms with Crippen molar-refractivity contribution in [3.63, 3.8) is 0 Å². The van der Waals surface area contributed by atoms with Crippen LogP contribution in [0.25, 0.3) is 21.5 Å². The highest BCUT2D eigenvalue weighted by molar-refractivity contribution is 5.94. The van der Waals surface area contributed by atoms with Crippen LogP contribution in [0.2, 0.25) is 0 Å². The van der Waals surface area contributed by atoms with Gasteiger partial charge in [-0.3, -0.25) is 4.90 Å². The Bertz CT molecular complexity index is 1290. The molecule has 1 saturated carbocycles. The molecule has 0 radical (unpaired) electrons. The van der Waals surface area contributed by atoms with Crippen LogP contribution < -0.4 is 10.1 Å². The van der Waals surface area contributed by atoms with Crippen LogP contribution in [-0.2, 0) is 6.54 Å². The van der Waals surface area contributed by atoms with Gasteiger partial charge in [0, 0.05) is 42.4 Å². The van der Waals surface area contributed by atoms with Gasteiger partial charge in [-0.2, -0.15) is 5.10 Å². The number of likely N-dealkylation sites (tertiary alicyclic amines) is 1. The second kappa shape index (κ2) is 8.64. The molecule has 3 aromatic carbocycles. The highest BCUT2D eigenvalue weighted by Crippen LogP contribution is 2.43. The fourth-order valence-corrected chi connectivity index (χ4v) is 5.07. The molecule has 2 fully saturated rings. The Kier molecular flexibility index (Phi) is 5.35. The monoisotopic (exact) mass is 438 g/mol. The molecular formula is C28H30N4O. The largest absolute Gasteiger partial charge is 0.497 e. The molecule has 0 spiro atoms. The molecule has 5 nitrogen and oxygen atoms in total. The van der Waals surface area contributed by atoms with E-state index in [9.17, 15) is 0 Å². The van der Waals surface area contributed by atoms with E-state index in [1.54, 1.807) is 7.11 Å². The minimum absolute atomic E-state index is 0.410. The zero-order valence-corrected chi connectivity index (χ0v) is 19.1. The average molecular weight is 439 g/mol. The van der Waals surface area contributed by atoms with E-state index >= 15 is 0 Å². The van der Waals surface area contributed by atoms with Gasteiger partial charge in [0.15, 0.2) is 5.82 Å². The first-order chi connectivity index (χ1) is 16.3. The molecule has 0 bridgehead atoms. The van der Waals surface area contributed by atoms with E-state index in [4.69, 9.17) is 4.74 Å². The molecule has 1 aliphatic carbocycles. The zero-order chi connectivity index (χ0) is 22.2. The van der Waals surface area contributed by atoms with Crippen molar-refractivity contribution in [3.8, 4) is 5.75 Å². The Hall–Kier alpha value is -3.18. The molecule has 2 heterocycles. The third-order valence-corrected chi connectivity index (χ3v) is 7.13. The molecule has 0 amide bonds. The zero-order valence-electron chi connectivity index (χ0n) is 19.1. The van der Waals surface area contributed by atoms with E-state index in [2.05, 4.69) is 75.0 Å². The number of fused-ring (bicyclic) bond motifs is 2. The topological polar surface area (TPSA) is 50.3 Å². The van der Waals surface area contributed by atoms with Gasteiger partial charge in [0.2, 0.25) is 0 Å². The summed E-state index contributed by atoms with van der Waals surface area (Å²) in [5, 5.41) is 17.9. The van der Waals surface area contributed by atoms with Crippen LogP contribution >= 0.6 is 0 Å². The highest BCUT2D eigenvalue weighted by atomic mass is 16.5. The fraction of sp³-hybridized carbons (Fsp3) is 0.357. The summed E-state index contributed by atoms with van der Waals surface area (Å²) in [6, 6.07) is 22.1. The summed E-state index contributed by atoms with van der Waals surface area (Å²) in [7, 11) is 1.72. The van der Waals surface area contributed by atoms with E-state index in [0.29, 0.717) is 12.0 Å². The third kappa shape index (κ3) is 4.25. The number of hydrogen-bond donors (Lipinski definition) is 1. The Balaban J connectivity index is 1.14. The first kappa shape index (κ1) is 20.4. The maximum atomic E-state index is 5.50. The number of hydrogen-bond acceptors (Lipinski definition) is 5. The Morgan fingerprint density at radius 2 is 1.70 bits per heavy atom. The van der Waals surface area contributed by atoms with Crippen molar-refractivity contribution in [2.45, 2.75) is 44.2 Å². The Morgan fingerprint density at radius 1 is 0.879 bits per heavy atom. The number of anilines is 1. The molecule has 4 aromatic rings. The van der Waals surface area contributed by atoms with Crippen LogP contribution in [0.1, 0.15) is 42.9 Å². The van der Waals surface area contributed by atoms with Crippen LogP contribution in [0.4, 0.5) is 5.82 Å². The normalized spacial score (nSPS) is 17.5. The van der Waals surface area contributed by atoms with E-state index in [0.717, 1.165) is 55.1 Å². The smallest absolute Gasteiger partial charge is 0.156 e. The number of methoxy groups -OCH3 is 1. The van der Waals surface area contributed by atoms with Crippen LogP contribution in [0.5, 0.6) is 5.75 Å². The maximum Gasteiger partial charge on any atom is 0.156 e. The van der Waals surface area contributed by atoms with Crippen molar-refractivity contribution >= 4 is 27.4 Å². The van der Waals surface area contributed by atoms with Crippen molar-refractivity contribution in [2.75, 3.05) is 25.5 Å². The predicted octanol–water partition coefficient (Wildman–Crippen LogP) is 5.75. The van der Waals surface area contributed by atoms with Gasteiger partial charge in [0.1, 0.15) is 5.75 Å². The van der Waals surface area contributed by atoms with Gasteiger partial charge in [-0.25, -0.2) is 0 Å². The van der Waals surface area contributed by atoms with Gasteiger partial charge in [0.25, 0.3) is 0 Å². The van der Waals surface area contributed by atoms with Crippen LogP contribution in [0.15, 0.2) is 60.7 Å². The number of benzene rings is 3. The van der Waals surface area contributed by atoms with Gasteiger partial charge in [-0.15, -0.1) is 5.10 Å². The van der Waals surface area contributed by atoms with E-state index in [-0.39, 0.29) is 0 Å². The molecule has 5 heteroatoms. The molecule has 1 N–H and O–H groups in total. The lowest BCUT2D eigenvalue weighted by atomic mass is 10.0. The summed E-state index contributed by atoms with van der Waals surface area (Å²) < 4.78 is 5.50. The quantitative estimate of drug-likeness (QED) is 0.416. The van der Waals surface area contributed by atoms with Gasteiger partial charge in [-0.1, -0.05) is 36.4 Å². The third-order valence-electron chi connectivity index (χ3n) is 7.13. The lowest BCUT2D eigenvalue weighted by Gasteiger charge is -2.32. The average Bonchev–Trinajstić information content (AvgIpc) is 3.70. The molecule has 33 heavy (non-hydrogen) atoms. The molecule has 2 aliphatic rings. The highest BCUT2D eigenvalue weighted by Gasteiger charge is 2.29. The van der Waals surface area contributed by atoms with Gasteiger partial charge < -0.3 is 10.1 Å². The number of aromatic nitrogens is 2. The van der Waals surface area contributed by atoms with Crippen LogP contribution in [0.3, 0.4) is 0 Å². The standard InChI is InChI=1S/C28H30N4O/c1-33-24-10-11-25-26(17-24)28(31-30-27(25)21-8-9-21)29-23-12-14-32(15-13-23)18-19-6-7-20-4-2-3-5-22(20)16-19/h2-7,10-11,16-17,21,23H,8-9,12-15,18H2,1H3,(H,29,31). The summed E-state index contributed by atoms with van der Waals surface area (Å²) in [6.07, 6.45) is 4.65. The predicted molar refractivity (Wildman–Crippen MR) is 134 cm³/mol. The number of rotatable bonds is 6. The van der Waals surface area contributed by atoms with Crippen molar-refractivity contribution in [2.24, 2.45) is 0 Å². The minimum Gasteiger partial charge on any atom is -0.497 e. The van der Waals surface area contributed by atoms with Gasteiger partial charge in [-0.05, 0) is 66.3 Å². The second-order valence-electron chi connectivity index (χ2n) is 9.50. The van der Waals surface area contributed by atoms with Crippen molar-refractivity contribution in [3.05, 3.63) is 71.9 Å². The summed E-state index contributed by atoms with van der Waals surface area (Å²) in [6.45, 7) is 3.17. The van der Waals surface area contributed by atoms with Crippen LogP contribution in [0, 0.1) is 0 Å². The van der Waals surface area contributed by atoms with E-state index < -0.39 is 0 Å². The molecule has 1 aromatic heterocycles. The number of piperidine rings is 1. The summed E-state index contributed by atoms with van der Waals surface area (Å²) in [5.74, 6) is 2.33. The molecule has 0 atom stereocenters. The molecule has 0 unspecified atom stereocenters. The second-order valence-corrected chi connectivity index (χ2v) is 9.50. The van der Waals surface area contributed by atoms with Crippen molar-refractivity contribution < 1.29 is 4.74 Å². The Morgan fingerprint density at radius 3 is 2.48 bits per heavy atom. The number of ether oxygens (including phenoxy) is 1. The maximum absolute atomic E-state index is 5.50. The SMILES string of the molecule is COc1ccc2c(C3CC3)nnc(NC3CCN(Cc4ccc5ccccc5c4)CC3)c2c1. The lowest BCUT2D eigenvalue weighted by Crippen LogP contribution is -2.38. The molecule has 168 valence electrons. The van der Waals surface area contributed by atoms with Crippen LogP contribution in [-0.4, -0.2) is 41.3 Å². The lowest BCUT2D eigenvalue weighted by molar-refractivity contribution is 0.211. The molecule has 1 saturated heterocycles. The summed E-state index contributed by atoms with van der Waals surface area (Å²) in [4.78, 5) is 2.56. The first-order valence-electron chi connectivity index (χ1n) is 12.1. The number of nitrogens with one attached hydrogen (secondary N) is 1. The molecule has 1 aliphatic heterocycles. The Labute approximate surface area is 194 Å². The summed E-state index contributed by atoms with van der Waals surface area (Å²) >= 11 is 0. The molecule has 6 rings (SSSR count). The van der Waals surface area contributed by atoms with Crippen molar-refractivity contribution in [1.29, 1.82) is 0 Å². The van der Waals surface area contributed by atoms with E-state index in [1.807, 2.05) is 6.07 Å². The fourth-order valence-electron chi connectivity index (χ4n) is 5.07. The summed E-state index contributed by atoms with van der Waals surface area (Å²) in [5.41, 5.74) is 2.53. The minimum atomic E-state index is 0.410.